The quantitative estimate of drug-likeness (QED) is 0.0943. The molecular weight excluding hydrogens is 586 g/mol. The molecule has 2 rings (SSSR count). The Bertz CT molecular complexity index is 1030. The van der Waals surface area contributed by atoms with Gasteiger partial charge >= 0.3 is 19.5 Å². The van der Waals surface area contributed by atoms with Gasteiger partial charge in [0.25, 0.3) is 0 Å². The molecule has 0 unspecified atom stereocenters. The zero-order chi connectivity index (χ0) is 28.3. The summed E-state index contributed by atoms with van der Waals surface area (Å²) in [6.45, 7) is 4.39. The largest absolute Gasteiger partial charge is 2.00 e. The van der Waals surface area contributed by atoms with Gasteiger partial charge in [0.1, 0.15) is 20.2 Å². The van der Waals surface area contributed by atoms with Crippen molar-refractivity contribution in [3.63, 3.8) is 0 Å². The van der Waals surface area contributed by atoms with Crippen molar-refractivity contribution in [1.29, 1.82) is 0 Å². The summed E-state index contributed by atoms with van der Waals surface area (Å²) in [5, 5.41) is 0. The predicted octanol–water partition coefficient (Wildman–Crippen LogP) is 7.77. The van der Waals surface area contributed by atoms with Crippen LogP contribution in [-0.4, -0.2) is 25.9 Å². The van der Waals surface area contributed by atoms with Crippen molar-refractivity contribution in [2.24, 2.45) is 0 Å². The Morgan fingerprint density at radius 2 is 0.769 bits per heavy atom. The second-order valence-corrected chi connectivity index (χ2v) is 12.6. The first kappa shape index (κ1) is 37.9. The van der Waals surface area contributed by atoms with Gasteiger partial charge in [0.05, 0.1) is 9.79 Å². The second kappa shape index (κ2) is 21.6. The van der Waals surface area contributed by atoms with Crippen LogP contribution >= 0.6 is 0 Å². The summed E-state index contributed by atoms with van der Waals surface area (Å²) < 4.78 is 66.6. The maximum Gasteiger partial charge on any atom is 2.00 e. The third-order valence-corrected chi connectivity index (χ3v) is 8.46. The van der Waals surface area contributed by atoms with Crippen molar-refractivity contribution in [2.75, 3.05) is 0 Å². The van der Waals surface area contributed by atoms with Crippen LogP contribution in [0.3, 0.4) is 0 Å². The maximum absolute atomic E-state index is 11.1. The van der Waals surface area contributed by atoms with Gasteiger partial charge in [0, 0.05) is 0 Å². The fraction of sp³-hybridized carbons (Fsp3) is 0.600. The van der Waals surface area contributed by atoms with Crippen LogP contribution in [0.1, 0.15) is 115 Å². The van der Waals surface area contributed by atoms with Gasteiger partial charge in [-0.05, 0) is 48.9 Å². The van der Waals surface area contributed by atoms with Crippen LogP contribution in [0.4, 0.5) is 0 Å². The SMILES string of the molecule is CCCCCCCCCc1ccccc1S(=O)(=O)[O-].CCCCCCCCCc1ccccc1S(=O)(=O)[O-].[Zn+2]. The standard InChI is InChI=1S/2C15H24O3S.Zn/c2*1-2-3-4-5-6-7-8-11-14-12-9-10-13-15(14)19(16,17)18;/h2*9-10,12-13H,2-8,11H2,1H3,(H,16,17,18);/q;;+2/p-2. The normalized spacial score (nSPS) is 11.4. The van der Waals surface area contributed by atoms with E-state index >= 15 is 0 Å². The van der Waals surface area contributed by atoms with Crippen molar-refractivity contribution in [3.8, 4) is 0 Å². The zero-order valence-electron chi connectivity index (χ0n) is 23.9. The fourth-order valence-electron chi connectivity index (χ4n) is 4.45. The first-order chi connectivity index (χ1) is 18.1. The zero-order valence-corrected chi connectivity index (χ0v) is 28.5. The molecule has 2 aromatic rings. The average Bonchev–Trinajstić information content (AvgIpc) is 2.87. The minimum Gasteiger partial charge on any atom is -0.744 e. The summed E-state index contributed by atoms with van der Waals surface area (Å²) >= 11 is 0. The van der Waals surface area contributed by atoms with Crippen molar-refractivity contribution < 1.29 is 45.4 Å². The van der Waals surface area contributed by atoms with Crippen LogP contribution in [0.15, 0.2) is 58.3 Å². The van der Waals surface area contributed by atoms with Crippen LogP contribution in [0.2, 0.25) is 0 Å². The Morgan fingerprint density at radius 3 is 1.08 bits per heavy atom. The van der Waals surface area contributed by atoms with E-state index in [2.05, 4.69) is 13.8 Å². The molecule has 0 spiro atoms. The average molecular weight is 632 g/mol. The number of hydrogen-bond acceptors (Lipinski definition) is 6. The van der Waals surface area contributed by atoms with E-state index in [1.165, 1.54) is 76.3 Å². The van der Waals surface area contributed by atoms with Crippen molar-refractivity contribution in [3.05, 3.63) is 59.7 Å². The molecule has 0 aliphatic carbocycles. The molecule has 0 aromatic heterocycles. The van der Waals surface area contributed by atoms with Crippen molar-refractivity contribution >= 4 is 20.2 Å². The van der Waals surface area contributed by atoms with E-state index in [0.717, 1.165) is 25.7 Å². The third kappa shape index (κ3) is 17.3. The van der Waals surface area contributed by atoms with Crippen LogP contribution in [0, 0.1) is 0 Å². The van der Waals surface area contributed by atoms with Gasteiger partial charge in [0.15, 0.2) is 0 Å². The van der Waals surface area contributed by atoms with Crippen LogP contribution in [0.5, 0.6) is 0 Å². The molecule has 0 N–H and O–H groups in total. The second-order valence-electron chi connectivity index (χ2n) is 9.87. The molecule has 9 heteroatoms. The van der Waals surface area contributed by atoms with Gasteiger partial charge in [-0.2, -0.15) is 0 Å². The van der Waals surface area contributed by atoms with Crippen LogP contribution in [-0.2, 0) is 52.6 Å². The summed E-state index contributed by atoms with van der Waals surface area (Å²) in [5.74, 6) is 0. The molecule has 0 fully saturated rings. The molecule has 0 aliphatic heterocycles. The molecule has 6 nitrogen and oxygen atoms in total. The van der Waals surface area contributed by atoms with E-state index in [4.69, 9.17) is 0 Å². The van der Waals surface area contributed by atoms with Crippen LogP contribution in [0.25, 0.3) is 0 Å². The van der Waals surface area contributed by atoms with Gasteiger partial charge in [-0.3, -0.25) is 0 Å². The van der Waals surface area contributed by atoms with E-state index in [9.17, 15) is 25.9 Å². The molecule has 0 heterocycles. The van der Waals surface area contributed by atoms with E-state index in [-0.39, 0.29) is 29.3 Å². The molecule has 216 valence electrons. The van der Waals surface area contributed by atoms with E-state index < -0.39 is 20.2 Å². The van der Waals surface area contributed by atoms with Gasteiger partial charge in [-0.1, -0.05) is 127 Å². The molecule has 2 aromatic carbocycles. The Labute approximate surface area is 250 Å². The van der Waals surface area contributed by atoms with Gasteiger partial charge in [-0.15, -0.1) is 0 Å². The Balaban J connectivity index is 0.000000722. The van der Waals surface area contributed by atoms with Crippen molar-refractivity contribution in [1.82, 2.24) is 0 Å². The van der Waals surface area contributed by atoms with Crippen LogP contribution < -0.4 is 0 Å². The molecular formula is C30H46O6S2Zn. The van der Waals surface area contributed by atoms with Gasteiger partial charge < -0.3 is 9.11 Å². The van der Waals surface area contributed by atoms with Crippen molar-refractivity contribution in [2.45, 2.75) is 126 Å². The summed E-state index contributed by atoms with van der Waals surface area (Å²) in [6, 6.07) is 13.0. The summed E-state index contributed by atoms with van der Waals surface area (Å²) in [6.07, 6.45) is 17.9. The van der Waals surface area contributed by atoms with E-state index in [1.54, 1.807) is 36.4 Å². The molecule has 39 heavy (non-hydrogen) atoms. The smallest absolute Gasteiger partial charge is 0.744 e. The summed E-state index contributed by atoms with van der Waals surface area (Å²) in [5.41, 5.74) is 1.32. The first-order valence-electron chi connectivity index (χ1n) is 14.2. The molecule has 0 bridgehead atoms. The molecule has 0 amide bonds. The molecule has 0 aliphatic rings. The monoisotopic (exact) mass is 630 g/mol. The summed E-state index contributed by atoms with van der Waals surface area (Å²) in [7, 11) is -8.68. The number of aryl methyl sites for hydroxylation is 2. The number of benzene rings is 2. The Morgan fingerprint density at radius 1 is 0.487 bits per heavy atom. The Kier molecular flexibility index (Phi) is 21.0. The Hall–Kier alpha value is -1.12. The number of rotatable bonds is 18. The molecule has 0 radical (unpaired) electrons. The molecule has 0 atom stereocenters. The maximum atomic E-state index is 11.1. The minimum absolute atomic E-state index is 0. The minimum atomic E-state index is -4.34. The molecule has 0 saturated heterocycles. The fourth-order valence-corrected chi connectivity index (χ4v) is 5.93. The number of hydrogen-bond donors (Lipinski definition) is 0. The summed E-state index contributed by atoms with van der Waals surface area (Å²) in [4.78, 5) is -0.109. The first-order valence-corrected chi connectivity index (χ1v) is 17.0. The predicted molar refractivity (Wildman–Crippen MR) is 152 cm³/mol. The molecule has 0 saturated carbocycles. The van der Waals surface area contributed by atoms with Gasteiger partial charge in [-0.25, -0.2) is 16.8 Å². The van der Waals surface area contributed by atoms with Gasteiger partial charge in [0.2, 0.25) is 0 Å². The van der Waals surface area contributed by atoms with E-state index in [1.807, 2.05) is 0 Å². The van der Waals surface area contributed by atoms with E-state index in [0.29, 0.717) is 24.0 Å². The third-order valence-electron chi connectivity index (χ3n) is 6.58. The number of unbranched alkanes of at least 4 members (excludes halogenated alkanes) is 12. The topological polar surface area (TPSA) is 114 Å².